The van der Waals surface area contributed by atoms with Gasteiger partial charge in [0.05, 0.1) is 5.52 Å². The predicted molar refractivity (Wildman–Crippen MR) is 98.2 cm³/mol. The van der Waals surface area contributed by atoms with Crippen LogP contribution in [0.1, 0.15) is 38.4 Å². The molecule has 7 heteroatoms. The number of hydrogen-bond acceptors (Lipinski definition) is 3. The Hall–Kier alpha value is -2.02. The van der Waals surface area contributed by atoms with Gasteiger partial charge >= 0.3 is 12.2 Å². The molecule has 1 heterocycles. The maximum Gasteiger partial charge on any atom is 0.416 e. The number of carboxylic acid groups (broad SMARTS) is 1. The summed E-state index contributed by atoms with van der Waals surface area (Å²) in [5, 5.41) is 13.4. The number of hydrogen-bond donors (Lipinski definition) is 2. The van der Waals surface area contributed by atoms with Crippen LogP contribution in [-0.4, -0.2) is 33.5 Å². The lowest BCUT2D eigenvalue weighted by Crippen LogP contribution is -2.42. The van der Waals surface area contributed by atoms with Crippen molar-refractivity contribution in [3.63, 3.8) is 0 Å². The molecule has 1 aliphatic carbocycles. The zero-order valence-electron chi connectivity index (χ0n) is 14.4. The molecule has 0 fully saturated rings. The molecule has 6 nitrogen and oxygen atoms in total. The minimum absolute atomic E-state index is 0.0705. The standard InChI is InChI=1S/C18H21BrN2O4/c1-18(2,3)25-16(22)20-11-5-7-14-13(9-11)12-6-4-10(19)8-15(12)21(14)17(23)24/h4,6,8,11H,5,7,9H2,1-3H3,(H,20,22)(H,23,24). The molecule has 1 aliphatic rings. The van der Waals surface area contributed by atoms with Crippen molar-refractivity contribution in [1.29, 1.82) is 0 Å². The molecule has 3 rings (SSSR count). The number of rotatable bonds is 1. The summed E-state index contributed by atoms with van der Waals surface area (Å²) in [4.78, 5) is 23.8. The van der Waals surface area contributed by atoms with Gasteiger partial charge in [0.1, 0.15) is 5.60 Å². The molecule has 0 spiro atoms. The van der Waals surface area contributed by atoms with E-state index in [9.17, 15) is 14.7 Å². The first-order chi connectivity index (χ1) is 11.7. The molecule has 1 atom stereocenters. The summed E-state index contributed by atoms with van der Waals surface area (Å²) in [6, 6.07) is 5.57. The highest BCUT2D eigenvalue weighted by Gasteiger charge is 2.29. The van der Waals surface area contributed by atoms with Crippen LogP contribution in [0.5, 0.6) is 0 Å². The fourth-order valence-corrected chi connectivity index (χ4v) is 3.70. The molecular weight excluding hydrogens is 388 g/mol. The first-order valence-electron chi connectivity index (χ1n) is 8.20. The van der Waals surface area contributed by atoms with Crippen LogP contribution in [0.3, 0.4) is 0 Å². The zero-order valence-corrected chi connectivity index (χ0v) is 16.0. The second kappa shape index (κ2) is 6.37. The molecule has 0 saturated heterocycles. The fraction of sp³-hybridized carbons (Fsp3) is 0.444. The van der Waals surface area contributed by atoms with E-state index in [2.05, 4.69) is 21.2 Å². The van der Waals surface area contributed by atoms with Gasteiger partial charge in [0, 0.05) is 21.6 Å². The van der Waals surface area contributed by atoms with Crippen molar-refractivity contribution in [2.45, 2.75) is 51.7 Å². The Morgan fingerprint density at radius 1 is 1.36 bits per heavy atom. The van der Waals surface area contributed by atoms with Crippen LogP contribution in [-0.2, 0) is 17.6 Å². The molecule has 1 amide bonds. The molecule has 134 valence electrons. The highest BCUT2D eigenvalue weighted by atomic mass is 79.9. The molecule has 0 radical (unpaired) electrons. The Balaban J connectivity index is 1.91. The van der Waals surface area contributed by atoms with E-state index >= 15 is 0 Å². The average molecular weight is 409 g/mol. The Labute approximate surface area is 154 Å². The van der Waals surface area contributed by atoms with Crippen LogP contribution in [0, 0.1) is 0 Å². The second-order valence-corrected chi connectivity index (χ2v) is 8.21. The zero-order chi connectivity index (χ0) is 18.4. The van der Waals surface area contributed by atoms with Crippen molar-refractivity contribution in [1.82, 2.24) is 9.88 Å². The van der Waals surface area contributed by atoms with Gasteiger partial charge in [0.15, 0.2) is 0 Å². The largest absolute Gasteiger partial charge is 0.464 e. The number of halogens is 1. The summed E-state index contributed by atoms with van der Waals surface area (Å²) in [7, 11) is 0. The Morgan fingerprint density at radius 2 is 2.08 bits per heavy atom. The van der Waals surface area contributed by atoms with E-state index in [1.165, 1.54) is 4.57 Å². The smallest absolute Gasteiger partial charge is 0.416 e. The summed E-state index contributed by atoms with van der Waals surface area (Å²) in [5.41, 5.74) is 1.92. The minimum atomic E-state index is -0.983. The van der Waals surface area contributed by atoms with Crippen molar-refractivity contribution in [2.75, 3.05) is 0 Å². The van der Waals surface area contributed by atoms with Crippen LogP contribution in [0.4, 0.5) is 9.59 Å². The molecule has 1 aromatic heterocycles. The monoisotopic (exact) mass is 408 g/mol. The third-order valence-electron chi connectivity index (χ3n) is 4.24. The average Bonchev–Trinajstić information content (AvgIpc) is 2.77. The van der Waals surface area contributed by atoms with E-state index in [1.807, 2.05) is 39.0 Å². The normalized spacial score (nSPS) is 17.2. The Kier molecular flexibility index (Phi) is 4.53. The number of benzene rings is 1. The van der Waals surface area contributed by atoms with Gasteiger partial charge in [-0.25, -0.2) is 14.2 Å². The molecule has 2 aromatic rings. The van der Waals surface area contributed by atoms with E-state index < -0.39 is 17.8 Å². The number of amides is 1. The molecule has 2 N–H and O–H groups in total. The molecule has 0 bridgehead atoms. The number of carbonyl (C=O) groups is 2. The third-order valence-corrected chi connectivity index (χ3v) is 4.73. The van der Waals surface area contributed by atoms with Crippen molar-refractivity contribution >= 4 is 39.0 Å². The van der Waals surface area contributed by atoms with Crippen molar-refractivity contribution in [2.24, 2.45) is 0 Å². The Bertz CT molecular complexity index is 851. The number of ether oxygens (including phenoxy) is 1. The first kappa shape index (κ1) is 17.8. The van der Waals surface area contributed by atoms with Crippen LogP contribution in [0.15, 0.2) is 22.7 Å². The summed E-state index contributed by atoms with van der Waals surface area (Å²) >= 11 is 3.40. The summed E-state index contributed by atoms with van der Waals surface area (Å²) in [6.07, 6.45) is 0.437. The lowest BCUT2D eigenvalue weighted by molar-refractivity contribution is 0.0500. The SMILES string of the molecule is CC(C)(C)OC(=O)NC1CCc2c(c3ccc(Br)cc3n2C(=O)O)C1. The molecule has 0 saturated carbocycles. The highest BCUT2D eigenvalue weighted by Crippen LogP contribution is 2.33. The molecule has 0 aliphatic heterocycles. The van der Waals surface area contributed by atoms with Gasteiger partial charge in [-0.2, -0.15) is 0 Å². The topological polar surface area (TPSA) is 80.6 Å². The van der Waals surface area contributed by atoms with E-state index in [1.54, 1.807) is 0 Å². The number of fused-ring (bicyclic) bond motifs is 3. The van der Waals surface area contributed by atoms with E-state index in [0.29, 0.717) is 24.8 Å². The third kappa shape index (κ3) is 3.66. The van der Waals surface area contributed by atoms with Gasteiger partial charge in [-0.1, -0.05) is 22.0 Å². The summed E-state index contributed by atoms with van der Waals surface area (Å²) in [6.45, 7) is 5.47. The van der Waals surface area contributed by atoms with E-state index in [4.69, 9.17) is 4.74 Å². The summed E-state index contributed by atoms with van der Waals surface area (Å²) < 4.78 is 7.51. The minimum Gasteiger partial charge on any atom is -0.464 e. The number of nitrogens with one attached hydrogen (secondary N) is 1. The molecule has 25 heavy (non-hydrogen) atoms. The lowest BCUT2D eigenvalue weighted by atomic mass is 9.91. The summed E-state index contributed by atoms with van der Waals surface area (Å²) in [5.74, 6) is 0. The van der Waals surface area contributed by atoms with Gasteiger partial charge < -0.3 is 15.2 Å². The van der Waals surface area contributed by atoms with Crippen molar-refractivity contribution in [3.05, 3.63) is 33.9 Å². The van der Waals surface area contributed by atoms with Gasteiger partial charge in [-0.15, -0.1) is 0 Å². The van der Waals surface area contributed by atoms with Gasteiger partial charge in [-0.3, -0.25) is 0 Å². The highest BCUT2D eigenvalue weighted by molar-refractivity contribution is 9.10. The van der Waals surface area contributed by atoms with Gasteiger partial charge in [0.2, 0.25) is 0 Å². The second-order valence-electron chi connectivity index (χ2n) is 7.29. The fourth-order valence-electron chi connectivity index (χ4n) is 3.35. The lowest BCUT2D eigenvalue weighted by Gasteiger charge is -2.26. The molecule has 1 aromatic carbocycles. The van der Waals surface area contributed by atoms with Crippen LogP contribution < -0.4 is 5.32 Å². The number of carbonyl (C=O) groups excluding carboxylic acids is 1. The maximum absolute atomic E-state index is 12.0. The van der Waals surface area contributed by atoms with Crippen molar-refractivity contribution in [3.8, 4) is 0 Å². The van der Waals surface area contributed by atoms with Gasteiger partial charge in [0.25, 0.3) is 0 Å². The van der Waals surface area contributed by atoms with E-state index in [0.717, 1.165) is 21.1 Å². The maximum atomic E-state index is 12.0. The predicted octanol–water partition coefficient (Wildman–Crippen LogP) is 4.31. The number of aromatic nitrogens is 1. The first-order valence-corrected chi connectivity index (χ1v) is 8.99. The number of nitrogens with zero attached hydrogens (tertiary/aromatic N) is 1. The van der Waals surface area contributed by atoms with Crippen LogP contribution in [0.2, 0.25) is 0 Å². The van der Waals surface area contributed by atoms with Crippen LogP contribution >= 0.6 is 15.9 Å². The van der Waals surface area contributed by atoms with Gasteiger partial charge in [-0.05, 0) is 57.7 Å². The number of alkyl carbamates (subject to hydrolysis) is 1. The molecule has 1 unspecified atom stereocenters. The van der Waals surface area contributed by atoms with E-state index in [-0.39, 0.29) is 6.04 Å². The Morgan fingerprint density at radius 3 is 2.72 bits per heavy atom. The molecular formula is C18H21BrN2O4. The van der Waals surface area contributed by atoms with Crippen LogP contribution in [0.25, 0.3) is 10.9 Å². The quantitative estimate of drug-likeness (QED) is 0.736. The van der Waals surface area contributed by atoms with Crippen molar-refractivity contribution < 1.29 is 19.4 Å².